The minimum Gasteiger partial charge on any atom is -0.462 e. The van der Waals surface area contributed by atoms with E-state index in [0.29, 0.717) is 21.3 Å². The molecule has 9 heteroatoms. The van der Waals surface area contributed by atoms with Gasteiger partial charge in [0.25, 0.3) is 5.91 Å². The summed E-state index contributed by atoms with van der Waals surface area (Å²) in [5, 5.41) is 0.317. The molecule has 1 aromatic carbocycles. The highest BCUT2D eigenvalue weighted by atomic mass is 32.1. The van der Waals surface area contributed by atoms with Crippen molar-refractivity contribution in [1.29, 1.82) is 0 Å². The number of ether oxygens (including phenoxy) is 1. The van der Waals surface area contributed by atoms with E-state index in [4.69, 9.17) is 4.74 Å². The summed E-state index contributed by atoms with van der Waals surface area (Å²) < 4.78 is 42.6. The number of aryl methyl sites for hydroxylation is 1. The number of aromatic nitrogens is 1. The third-order valence-electron chi connectivity index (χ3n) is 3.52. The average Bonchev–Trinajstić information content (AvgIpc) is 3.00. The monoisotopic (exact) mass is 398 g/mol. The predicted molar refractivity (Wildman–Crippen MR) is 96.7 cm³/mol. The Kier molecular flexibility index (Phi) is 6.37. The highest BCUT2D eigenvalue weighted by Gasteiger charge is 2.29. The Labute approximate surface area is 158 Å². The third kappa shape index (κ3) is 5.16. The van der Waals surface area contributed by atoms with E-state index in [2.05, 4.69) is 4.98 Å². The molecule has 1 amide bonds. The van der Waals surface area contributed by atoms with E-state index in [-0.39, 0.29) is 6.61 Å². The summed E-state index contributed by atoms with van der Waals surface area (Å²) in [4.78, 5) is 29.9. The van der Waals surface area contributed by atoms with Crippen molar-refractivity contribution in [3.8, 4) is 0 Å². The van der Waals surface area contributed by atoms with Crippen LogP contribution in [0.2, 0.25) is 0 Å². The fraction of sp³-hybridized carbons (Fsp3) is 0.278. The molecule has 0 atom stereocenters. The number of anilines is 1. The van der Waals surface area contributed by atoms with Crippen LogP contribution in [-0.2, 0) is 15.7 Å². The molecule has 0 bridgehead atoms. The number of benzene rings is 1. The molecule has 5 nitrogen and oxygen atoms in total. The number of halogens is 3. The fourth-order valence-corrected chi connectivity index (χ4v) is 3.00. The number of esters is 1. The Morgan fingerprint density at radius 1 is 1.26 bits per heavy atom. The molecule has 0 fully saturated rings. The Hall–Kier alpha value is -2.68. The zero-order valence-electron chi connectivity index (χ0n) is 14.8. The molecule has 144 valence electrons. The zero-order chi connectivity index (χ0) is 20.2. The molecule has 0 N–H and O–H groups in total. The maximum Gasteiger partial charge on any atom is 0.416 e. The Morgan fingerprint density at radius 3 is 2.44 bits per heavy atom. The Bertz CT molecular complexity index is 858. The van der Waals surface area contributed by atoms with E-state index < -0.39 is 23.6 Å². The third-order valence-corrected chi connectivity index (χ3v) is 4.73. The van der Waals surface area contributed by atoms with Gasteiger partial charge in [0, 0.05) is 13.1 Å². The number of amides is 1. The van der Waals surface area contributed by atoms with Gasteiger partial charge in [-0.05, 0) is 37.6 Å². The summed E-state index contributed by atoms with van der Waals surface area (Å²) in [6.07, 6.45) is -1.77. The second kappa shape index (κ2) is 8.34. The van der Waals surface area contributed by atoms with Crippen molar-refractivity contribution >= 4 is 34.4 Å². The molecule has 27 heavy (non-hydrogen) atoms. The molecule has 0 unspecified atom stereocenters. The smallest absolute Gasteiger partial charge is 0.416 e. The number of hydrogen-bond donors (Lipinski definition) is 0. The SMILES string of the molecule is CCOC(=O)c1sc(N(C)C(=O)C=Cc2ccc(C(F)(F)F)cc2)nc1C. The molecule has 1 heterocycles. The quantitative estimate of drug-likeness (QED) is 0.556. The van der Waals surface area contributed by atoms with Crippen molar-refractivity contribution in [2.24, 2.45) is 0 Å². The summed E-state index contributed by atoms with van der Waals surface area (Å²) in [7, 11) is 1.49. The van der Waals surface area contributed by atoms with E-state index in [1.54, 1.807) is 13.8 Å². The van der Waals surface area contributed by atoms with Crippen molar-refractivity contribution in [3.63, 3.8) is 0 Å². The molecule has 0 radical (unpaired) electrons. The van der Waals surface area contributed by atoms with E-state index in [0.717, 1.165) is 23.5 Å². The first kappa shape index (κ1) is 20.6. The second-order valence-electron chi connectivity index (χ2n) is 5.48. The van der Waals surface area contributed by atoms with Gasteiger partial charge in [0.1, 0.15) is 4.88 Å². The summed E-state index contributed by atoms with van der Waals surface area (Å²) in [5.41, 5.74) is 0.153. The lowest BCUT2D eigenvalue weighted by molar-refractivity contribution is -0.137. The van der Waals surface area contributed by atoms with Crippen LogP contribution in [0.5, 0.6) is 0 Å². The molecule has 0 saturated heterocycles. The van der Waals surface area contributed by atoms with E-state index in [1.807, 2.05) is 0 Å². The molecule has 0 spiro atoms. The van der Waals surface area contributed by atoms with Crippen molar-refractivity contribution in [1.82, 2.24) is 4.98 Å². The van der Waals surface area contributed by atoms with Gasteiger partial charge in [0.15, 0.2) is 5.13 Å². The predicted octanol–water partition coefficient (Wildman–Crippen LogP) is 4.32. The molecule has 0 saturated carbocycles. The van der Waals surface area contributed by atoms with Crippen molar-refractivity contribution in [2.75, 3.05) is 18.6 Å². The minimum atomic E-state index is -4.41. The first-order valence-electron chi connectivity index (χ1n) is 7.91. The van der Waals surface area contributed by atoms with Crippen molar-refractivity contribution in [3.05, 3.63) is 52.0 Å². The molecule has 1 aromatic heterocycles. The van der Waals surface area contributed by atoms with Gasteiger partial charge in [-0.25, -0.2) is 9.78 Å². The lowest BCUT2D eigenvalue weighted by atomic mass is 10.1. The van der Waals surface area contributed by atoms with Crippen molar-refractivity contribution < 1.29 is 27.5 Å². The lowest BCUT2D eigenvalue weighted by Gasteiger charge is -2.10. The van der Waals surface area contributed by atoms with Gasteiger partial charge in [-0.3, -0.25) is 9.69 Å². The van der Waals surface area contributed by atoms with Crippen LogP contribution in [0.3, 0.4) is 0 Å². The average molecular weight is 398 g/mol. The molecule has 2 rings (SSSR count). The number of likely N-dealkylation sites (N-methyl/N-ethyl adjacent to an activating group) is 1. The number of thiazole rings is 1. The topological polar surface area (TPSA) is 59.5 Å². The van der Waals surface area contributed by atoms with Crippen molar-refractivity contribution in [2.45, 2.75) is 20.0 Å². The first-order valence-corrected chi connectivity index (χ1v) is 8.72. The lowest BCUT2D eigenvalue weighted by Crippen LogP contribution is -2.23. The van der Waals surface area contributed by atoms with E-state index in [9.17, 15) is 22.8 Å². The number of nitrogens with zero attached hydrogens (tertiary/aromatic N) is 2. The maximum absolute atomic E-state index is 12.5. The normalized spacial score (nSPS) is 11.6. The Balaban J connectivity index is 2.10. The molecule has 0 aliphatic carbocycles. The summed E-state index contributed by atoms with van der Waals surface area (Å²) >= 11 is 1.03. The highest BCUT2D eigenvalue weighted by Crippen LogP contribution is 2.29. The van der Waals surface area contributed by atoms with Gasteiger partial charge in [0.05, 0.1) is 17.9 Å². The number of carbonyl (C=O) groups is 2. The van der Waals surface area contributed by atoms with Crippen LogP contribution in [-0.4, -0.2) is 30.5 Å². The fourth-order valence-electron chi connectivity index (χ4n) is 2.07. The summed E-state index contributed by atoms with van der Waals surface area (Å²) in [5.74, 6) is -0.932. The van der Waals surface area contributed by atoms with Gasteiger partial charge in [-0.15, -0.1) is 0 Å². The standard InChI is InChI=1S/C18H17F3N2O3S/c1-4-26-16(25)15-11(2)22-17(27-15)23(3)14(24)10-7-12-5-8-13(9-6-12)18(19,20)21/h5-10H,4H2,1-3H3. The van der Waals surface area contributed by atoms with Crippen LogP contribution in [0, 0.1) is 6.92 Å². The first-order chi connectivity index (χ1) is 12.6. The zero-order valence-corrected chi connectivity index (χ0v) is 15.6. The molecule has 2 aromatic rings. The van der Waals surface area contributed by atoms with E-state index >= 15 is 0 Å². The van der Waals surface area contributed by atoms with Crippen LogP contribution >= 0.6 is 11.3 Å². The second-order valence-corrected chi connectivity index (χ2v) is 6.46. The molecular formula is C18H17F3N2O3S. The summed E-state index contributed by atoms with van der Waals surface area (Å²) in [6, 6.07) is 4.45. The number of alkyl halides is 3. The maximum atomic E-state index is 12.5. The summed E-state index contributed by atoms with van der Waals surface area (Å²) in [6.45, 7) is 3.57. The molecule has 0 aliphatic heterocycles. The van der Waals surface area contributed by atoms with Gasteiger partial charge in [-0.2, -0.15) is 13.2 Å². The van der Waals surface area contributed by atoms with Gasteiger partial charge >= 0.3 is 12.1 Å². The molecular weight excluding hydrogens is 381 g/mol. The van der Waals surface area contributed by atoms with Gasteiger partial charge < -0.3 is 4.74 Å². The number of rotatable bonds is 5. The largest absolute Gasteiger partial charge is 0.462 e. The van der Waals surface area contributed by atoms with Crippen LogP contribution in [0.1, 0.15) is 33.4 Å². The highest BCUT2D eigenvalue weighted by molar-refractivity contribution is 7.17. The van der Waals surface area contributed by atoms with E-state index in [1.165, 1.54) is 36.2 Å². The number of carbonyl (C=O) groups excluding carboxylic acids is 2. The molecule has 0 aliphatic rings. The minimum absolute atomic E-state index is 0.232. The Morgan fingerprint density at radius 2 is 1.89 bits per heavy atom. The van der Waals surface area contributed by atoms with Gasteiger partial charge in [0.2, 0.25) is 0 Å². The number of hydrogen-bond acceptors (Lipinski definition) is 5. The van der Waals surface area contributed by atoms with Crippen LogP contribution in [0.4, 0.5) is 18.3 Å². The van der Waals surface area contributed by atoms with Gasteiger partial charge in [-0.1, -0.05) is 23.5 Å². The van der Waals surface area contributed by atoms with Crippen LogP contribution < -0.4 is 4.90 Å². The van der Waals surface area contributed by atoms with Crippen LogP contribution in [0.15, 0.2) is 30.3 Å². The van der Waals surface area contributed by atoms with Crippen LogP contribution in [0.25, 0.3) is 6.08 Å².